The van der Waals surface area contributed by atoms with E-state index in [1.165, 1.54) is 13.2 Å². The van der Waals surface area contributed by atoms with Gasteiger partial charge in [0.25, 0.3) is 11.6 Å². The van der Waals surface area contributed by atoms with Gasteiger partial charge in [0, 0.05) is 24.3 Å². The molecule has 0 radical (unpaired) electrons. The van der Waals surface area contributed by atoms with Crippen LogP contribution >= 0.6 is 0 Å². The molecule has 1 N–H and O–H groups in total. The monoisotopic (exact) mass is 322 g/mol. The highest BCUT2D eigenvalue weighted by Gasteiger charge is 2.25. The maximum absolute atomic E-state index is 12.3. The van der Waals surface area contributed by atoms with E-state index in [-0.39, 0.29) is 29.0 Å². The second-order valence-electron chi connectivity index (χ2n) is 5.33. The van der Waals surface area contributed by atoms with Crippen molar-refractivity contribution in [2.24, 2.45) is 0 Å². The van der Waals surface area contributed by atoms with Crippen molar-refractivity contribution in [2.75, 3.05) is 13.7 Å². The molecule has 0 spiro atoms. The standard InChI is InChI=1S/C15H18N2O6/c1-9(13-4-3-5-23-13)16-14(18)10-6-11(15(19)22-2)8-12(7-10)17(20)21/h6-9,13H,3-5H2,1-2H3,(H,16,18)/t9-,13-/m1/s1. The molecule has 1 amide bonds. The highest BCUT2D eigenvalue weighted by molar-refractivity contribution is 5.99. The summed E-state index contributed by atoms with van der Waals surface area (Å²) in [5.74, 6) is -1.24. The van der Waals surface area contributed by atoms with Crippen molar-refractivity contribution in [2.45, 2.75) is 31.9 Å². The first kappa shape index (κ1) is 16.9. The molecule has 1 fully saturated rings. The largest absolute Gasteiger partial charge is 0.465 e. The molecule has 2 rings (SSSR count). The Morgan fingerprint density at radius 2 is 2.09 bits per heavy atom. The van der Waals surface area contributed by atoms with Crippen LogP contribution < -0.4 is 5.32 Å². The highest BCUT2D eigenvalue weighted by Crippen LogP contribution is 2.19. The second kappa shape index (κ2) is 7.19. The molecular weight excluding hydrogens is 304 g/mol. The van der Waals surface area contributed by atoms with Crippen molar-refractivity contribution in [3.63, 3.8) is 0 Å². The number of hydrogen-bond acceptors (Lipinski definition) is 6. The normalized spacial score (nSPS) is 18.3. The molecule has 1 aromatic rings. The number of nitrogens with zero attached hydrogens (tertiary/aromatic N) is 1. The molecule has 2 atom stereocenters. The lowest BCUT2D eigenvalue weighted by molar-refractivity contribution is -0.384. The van der Waals surface area contributed by atoms with Crippen LogP contribution in [0.2, 0.25) is 0 Å². The Hall–Kier alpha value is -2.48. The fraction of sp³-hybridized carbons (Fsp3) is 0.467. The lowest BCUT2D eigenvalue weighted by Gasteiger charge is -2.20. The summed E-state index contributed by atoms with van der Waals surface area (Å²) in [7, 11) is 1.17. The SMILES string of the molecule is COC(=O)c1cc(C(=O)N[C@H](C)[C@H]2CCCO2)cc([N+](=O)[O-])c1. The van der Waals surface area contributed by atoms with E-state index >= 15 is 0 Å². The molecule has 1 aromatic carbocycles. The minimum absolute atomic E-state index is 0.0319. The van der Waals surface area contributed by atoms with E-state index in [1.54, 1.807) is 0 Å². The van der Waals surface area contributed by atoms with Crippen molar-refractivity contribution < 1.29 is 24.0 Å². The lowest BCUT2D eigenvalue weighted by atomic mass is 10.1. The van der Waals surface area contributed by atoms with Crippen molar-refractivity contribution in [3.8, 4) is 0 Å². The van der Waals surface area contributed by atoms with Crippen LogP contribution in [0.15, 0.2) is 18.2 Å². The number of hydrogen-bond donors (Lipinski definition) is 1. The molecule has 1 saturated heterocycles. The predicted molar refractivity (Wildman–Crippen MR) is 80.3 cm³/mol. The molecule has 0 bridgehead atoms. The molecule has 1 aliphatic rings. The van der Waals surface area contributed by atoms with Gasteiger partial charge >= 0.3 is 5.97 Å². The van der Waals surface area contributed by atoms with Crippen molar-refractivity contribution >= 4 is 17.6 Å². The third kappa shape index (κ3) is 4.04. The van der Waals surface area contributed by atoms with E-state index in [0.717, 1.165) is 25.0 Å². The van der Waals surface area contributed by atoms with E-state index in [4.69, 9.17) is 4.74 Å². The number of benzene rings is 1. The zero-order valence-corrected chi connectivity index (χ0v) is 12.9. The molecule has 0 aromatic heterocycles. The number of methoxy groups -OCH3 is 1. The van der Waals surface area contributed by atoms with Gasteiger partial charge in [0.2, 0.25) is 0 Å². The molecule has 1 aliphatic heterocycles. The summed E-state index contributed by atoms with van der Waals surface area (Å²) >= 11 is 0. The number of nitro groups is 1. The Bertz CT molecular complexity index is 624. The molecule has 0 aliphatic carbocycles. The number of esters is 1. The molecule has 8 nitrogen and oxygen atoms in total. The molecule has 0 saturated carbocycles. The number of nitro benzene ring substituents is 1. The van der Waals surface area contributed by atoms with Gasteiger partial charge in [0.05, 0.1) is 29.7 Å². The predicted octanol–water partition coefficient (Wildman–Crippen LogP) is 1.68. The van der Waals surface area contributed by atoms with Crippen LogP contribution in [0.1, 0.15) is 40.5 Å². The van der Waals surface area contributed by atoms with Crippen LogP contribution in [-0.4, -0.2) is 42.7 Å². The van der Waals surface area contributed by atoms with E-state index < -0.39 is 16.8 Å². The molecule has 1 heterocycles. The minimum atomic E-state index is -0.741. The summed E-state index contributed by atoms with van der Waals surface area (Å²) < 4.78 is 10.1. The summed E-state index contributed by atoms with van der Waals surface area (Å²) in [6.45, 7) is 2.47. The van der Waals surface area contributed by atoms with Crippen LogP contribution in [0.5, 0.6) is 0 Å². The van der Waals surface area contributed by atoms with Crippen molar-refractivity contribution in [1.82, 2.24) is 5.32 Å². The number of nitrogens with one attached hydrogen (secondary N) is 1. The number of carbonyl (C=O) groups excluding carboxylic acids is 2. The zero-order valence-electron chi connectivity index (χ0n) is 12.9. The summed E-state index contributed by atoms with van der Waals surface area (Å²) in [4.78, 5) is 34.2. The average Bonchev–Trinajstić information content (AvgIpc) is 3.08. The van der Waals surface area contributed by atoms with Gasteiger partial charge in [-0.25, -0.2) is 4.79 Å². The lowest BCUT2D eigenvalue weighted by Crippen LogP contribution is -2.40. The maximum atomic E-state index is 12.3. The van der Waals surface area contributed by atoms with E-state index in [2.05, 4.69) is 10.1 Å². The fourth-order valence-corrected chi connectivity index (χ4v) is 2.46. The number of rotatable bonds is 5. The number of ether oxygens (including phenoxy) is 2. The van der Waals surface area contributed by atoms with E-state index in [9.17, 15) is 19.7 Å². The number of carbonyl (C=O) groups is 2. The minimum Gasteiger partial charge on any atom is -0.465 e. The summed E-state index contributed by atoms with van der Waals surface area (Å²) in [6.07, 6.45) is 1.72. The second-order valence-corrected chi connectivity index (χ2v) is 5.33. The Balaban J connectivity index is 2.22. The van der Waals surface area contributed by atoms with Gasteiger partial charge in [-0.3, -0.25) is 14.9 Å². The topological polar surface area (TPSA) is 108 Å². The first-order chi connectivity index (χ1) is 10.9. The Kier molecular flexibility index (Phi) is 5.28. The number of amides is 1. The van der Waals surface area contributed by atoms with Crippen LogP contribution in [0.25, 0.3) is 0 Å². The van der Waals surface area contributed by atoms with Gasteiger partial charge in [-0.15, -0.1) is 0 Å². The van der Waals surface area contributed by atoms with Gasteiger partial charge in [-0.05, 0) is 25.8 Å². The van der Waals surface area contributed by atoms with Gasteiger partial charge in [-0.1, -0.05) is 0 Å². The van der Waals surface area contributed by atoms with Gasteiger partial charge in [0.1, 0.15) is 0 Å². The zero-order chi connectivity index (χ0) is 17.0. The molecule has 0 unspecified atom stereocenters. The molecule has 8 heteroatoms. The average molecular weight is 322 g/mol. The summed E-state index contributed by atoms with van der Waals surface area (Å²) in [5, 5.41) is 13.7. The fourth-order valence-electron chi connectivity index (χ4n) is 2.46. The van der Waals surface area contributed by atoms with Crippen molar-refractivity contribution in [3.05, 3.63) is 39.4 Å². The van der Waals surface area contributed by atoms with Gasteiger partial charge in [-0.2, -0.15) is 0 Å². The van der Waals surface area contributed by atoms with Crippen LogP contribution in [0.4, 0.5) is 5.69 Å². The Morgan fingerprint density at radius 3 is 2.65 bits per heavy atom. The Morgan fingerprint density at radius 1 is 1.39 bits per heavy atom. The third-order valence-corrected chi connectivity index (χ3v) is 3.69. The van der Waals surface area contributed by atoms with Gasteiger partial charge < -0.3 is 14.8 Å². The quantitative estimate of drug-likeness (QED) is 0.502. The van der Waals surface area contributed by atoms with E-state index in [0.29, 0.717) is 6.61 Å². The summed E-state index contributed by atoms with van der Waals surface area (Å²) in [6, 6.07) is 3.25. The van der Waals surface area contributed by atoms with Crippen molar-refractivity contribution in [1.29, 1.82) is 0 Å². The summed E-state index contributed by atoms with van der Waals surface area (Å²) in [5.41, 5.74) is -0.358. The smallest absolute Gasteiger partial charge is 0.338 e. The van der Waals surface area contributed by atoms with Crippen LogP contribution in [0.3, 0.4) is 0 Å². The molecule has 124 valence electrons. The third-order valence-electron chi connectivity index (χ3n) is 3.69. The van der Waals surface area contributed by atoms with E-state index in [1.807, 2.05) is 6.92 Å². The first-order valence-electron chi connectivity index (χ1n) is 7.22. The molecule has 23 heavy (non-hydrogen) atoms. The maximum Gasteiger partial charge on any atom is 0.338 e. The van der Waals surface area contributed by atoms with Crippen LogP contribution in [-0.2, 0) is 9.47 Å². The number of non-ortho nitro benzene ring substituents is 1. The van der Waals surface area contributed by atoms with Gasteiger partial charge in [0.15, 0.2) is 0 Å². The first-order valence-corrected chi connectivity index (χ1v) is 7.22. The van der Waals surface area contributed by atoms with Crippen LogP contribution in [0, 0.1) is 10.1 Å². The highest BCUT2D eigenvalue weighted by atomic mass is 16.6. The Labute approximate surface area is 132 Å². The molecular formula is C15H18N2O6.